The third-order valence-corrected chi connectivity index (χ3v) is 5.10. The molecule has 126 valence electrons. The Morgan fingerprint density at radius 1 is 1.12 bits per heavy atom. The summed E-state index contributed by atoms with van der Waals surface area (Å²) in [5.74, 6) is 1.60. The van der Waals surface area contributed by atoms with Gasteiger partial charge in [0, 0.05) is 5.69 Å². The molecule has 0 spiro atoms. The summed E-state index contributed by atoms with van der Waals surface area (Å²) in [6.07, 6.45) is 0. The SMILES string of the molecule is COc1cc2c(c(OC)c1Br)C(=O)N(c1ccc(C(C)C)cc1)C2. The van der Waals surface area contributed by atoms with E-state index in [0.717, 1.165) is 11.3 Å². The van der Waals surface area contributed by atoms with E-state index in [1.807, 2.05) is 18.2 Å². The van der Waals surface area contributed by atoms with E-state index in [4.69, 9.17) is 9.47 Å². The molecule has 5 heteroatoms. The zero-order chi connectivity index (χ0) is 17.4. The Labute approximate surface area is 150 Å². The molecule has 1 aliphatic rings. The number of nitrogens with zero attached hydrogens (tertiary/aromatic N) is 1. The number of fused-ring (bicyclic) bond motifs is 1. The second-order valence-corrected chi connectivity index (χ2v) is 6.89. The number of anilines is 1. The van der Waals surface area contributed by atoms with Gasteiger partial charge in [-0.3, -0.25) is 4.79 Å². The number of halogens is 1. The molecule has 0 radical (unpaired) electrons. The Kier molecular flexibility index (Phi) is 4.54. The van der Waals surface area contributed by atoms with Gasteiger partial charge in [0.15, 0.2) is 0 Å². The molecule has 0 saturated carbocycles. The lowest BCUT2D eigenvalue weighted by Gasteiger charge is -2.17. The first-order valence-corrected chi connectivity index (χ1v) is 8.62. The molecule has 1 aliphatic heterocycles. The molecule has 1 heterocycles. The molecule has 0 aromatic heterocycles. The Balaban J connectivity index is 2.01. The molecule has 0 bridgehead atoms. The maximum Gasteiger partial charge on any atom is 0.262 e. The summed E-state index contributed by atoms with van der Waals surface area (Å²) in [7, 11) is 3.16. The van der Waals surface area contributed by atoms with Crippen molar-refractivity contribution in [3.05, 3.63) is 51.5 Å². The molecule has 2 aromatic carbocycles. The van der Waals surface area contributed by atoms with Gasteiger partial charge in [-0.15, -0.1) is 0 Å². The van der Waals surface area contributed by atoms with Gasteiger partial charge in [-0.05, 0) is 51.2 Å². The predicted molar refractivity (Wildman–Crippen MR) is 98.3 cm³/mol. The van der Waals surface area contributed by atoms with E-state index >= 15 is 0 Å². The molecule has 0 N–H and O–H groups in total. The topological polar surface area (TPSA) is 38.8 Å². The first kappa shape index (κ1) is 16.8. The van der Waals surface area contributed by atoms with E-state index in [1.165, 1.54) is 5.56 Å². The number of methoxy groups -OCH3 is 2. The Morgan fingerprint density at radius 3 is 2.33 bits per heavy atom. The lowest BCUT2D eigenvalue weighted by molar-refractivity contribution is 0.0994. The van der Waals surface area contributed by atoms with E-state index < -0.39 is 0 Å². The van der Waals surface area contributed by atoms with Crippen LogP contribution in [0.25, 0.3) is 0 Å². The van der Waals surface area contributed by atoms with Gasteiger partial charge in [0.2, 0.25) is 0 Å². The van der Waals surface area contributed by atoms with E-state index in [0.29, 0.717) is 34.0 Å². The van der Waals surface area contributed by atoms with Gasteiger partial charge < -0.3 is 14.4 Å². The summed E-state index contributed by atoms with van der Waals surface area (Å²) < 4.78 is 11.5. The molecule has 0 fully saturated rings. The molecule has 0 saturated heterocycles. The zero-order valence-corrected chi connectivity index (χ0v) is 15.8. The highest BCUT2D eigenvalue weighted by atomic mass is 79.9. The summed E-state index contributed by atoms with van der Waals surface area (Å²) in [5, 5.41) is 0. The van der Waals surface area contributed by atoms with Crippen molar-refractivity contribution in [3.63, 3.8) is 0 Å². The van der Waals surface area contributed by atoms with Gasteiger partial charge >= 0.3 is 0 Å². The van der Waals surface area contributed by atoms with Crippen molar-refractivity contribution < 1.29 is 14.3 Å². The van der Waals surface area contributed by atoms with Crippen molar-refractivity contribution in [2.75, 3.05) is 19.1 Å². The van der Waals surface area contributed by atoms with Crippen molar-refractivity contribution in [3.8, 4) is 11.5 Å². The van der Waals surface area contributed by atoms with E-state index in [9.17, 15) is 4.79 Å². The number of carbonyl (C=O) groups is 1. The summed E-state index contributed by atoms with van der Waals surface area (Å²) in [6, 6.07) is 10.0. The standard InChI is InChI=1S/C19H20BrNO3/c1-11(2)12-5-7-14(8-6-12)21-10-13-9-15(23-3)17(20)18(24-4)16(13)19(21)22/h5-9,11H,10H2,1-4H3. The molecule has 3 rings (SSSR count). The van der Waals surface area contributed by atoms with E-state index in [1.54, 1.807) is 19.1 Å². The molecular weight excluding hydrogens is 370 g/mol. The third kappa shape index (κ3) is 2.67. The van der Waals surface area contributed by atoms with E-state index in [2.05, 4.69) is 41.9 Å². The first-order chi connectivity index (χ1) is 11.5. The number of amides is 1. The van der Waals surface area contributed by atoms with Crippen LogP contribution in [0, 0.1) is 0 Å². The molecule has 1 amide bonds. The van der Waals surface area contributed by atoms with Gasteiger partial charge in [0.25, 0.3) is 5.91 Å². The highest BCUT2D eigenvalue weighted by molar-refractivity contribution is 9.10. The summed E-state index contributed by atoms with van der Waals surface area (Å²) in [4.78, 5) is 14.7. The van der Waals surface area contributed by atoms with Crippen LogP contribution in [0.2, 0.25) is 0 Å². The maximum atomic E-state index is 12.9. The number of carbonyl (C=O) groups excluding carboxylic acids is 1. The largest absolute Gasteiger partial charge is 0.495 e. The minimum atomic E-state index is -0.0532. The van der Waals surface area contributed by atoms with Gasteiger partial charge in [-0.25, -0.2) is 0 Å². The number of benzene rings is 2. The molecule has 4 nitrogen and oxygen atoms in total. The highest BCUT2D eigenvalue weighted by Gasteiger charge is 2.34. The van der Waals surface area contributed by atoms with Crippen LogP contribution in [0.15, 0.2) is 34.8 Å². The third-order valence-electron chi connectivity index (χ3n) is 4.35. The van der Waals surface area contributed by atoms with E-state index in [-0.39, 0.29) is 5.91 Å². The lowest BCUT2D eigenvalue weighted by atomic mass is 10.0. The quantitative estimate of drug-likeness (QED) is 0.756. The summed E-state index contributed by atoms with van der Waals surface area (Å²) in [5.41, 5.74) is 3.64. The number of hydrogen-bond acceptors (Lipinski definition) is 3. The van der Waals surface area contributed by atoms with Crippen LogP contribution in [0.3, 0.4) is 0 Å². The average molecular weight is 390 g/mol. The van der Waals surface area contributed by atoms with Crippen LogP contribution in [0.1, 0.15) is 41.3 Å². The van der Waals surface area contributed by atoms with Crippen LogP contribution in [-0.4, -0.2) is 20.1 Å². The minimum Gasteiger partial charge on any atom is -0.495 e. The van der Waals surface area contributed by atoms with Crippen molar-refractivity contribution in [2.24, 2.45) is 0 Å². The van der Waals surface area contributed by atoms with Crippen LogP contribution in [0.5, 0.6) is 11.5 Å². The van der Waals surface area contributed by atoms with Gasteiger partial charge in [0.05, 0.1) is 26.3 Å². The van der Waals surface area contributed by atoms with Crippen molar-refractivity contribution in [1.82, 2.24) is 0 Å². The lowest BCUT2D eigenvalue weighted by Crippen LogP contribution is -2.23. The minimum absolute atomic E-state index is 0.0532. The van der Waals surface area contributed by atoms with Crippen molar-refractivity contribution in [2.45, 2.75) is 26.3 Å². The number of ether oxygens (including phenoxy) is 2. The fourth-order valence-electron chi connectivity index (χ4n) is 2.99. The van der Waals surface area contributed by atoms with Gasteiger partial charge in [-0.1, -0.05) is 26.0 Å². The normalized spacial score (nSPS) is 13.4. The number of rotatable bonds is 4. The smallest absolute Gasteiger partial charge is 0.262 e. The van der Waals surface area contributed by atoms with Crippen LogP contribution < -0.4 is 14.4 Å². The van der Waals surface area contributed by atoms with Gasteiger partial charge in [0.1, 0.15) is 16.0 Å². The van der Waals surface area contributed by atoms with Crippen LogP contribution >= 0.6 is 15.9 Å². The molecule has 0 atom stereocenters. The second-order valence-electron chi connectivity index (χ2n) is 6.10. The number of hydrogen-bond donors (Lipinski definition) is 0. The molecule has 24 heavy (non-hydrogen) atoms. The molecule has 2 aromatic rings. The maximum absolute atomic E-state index is 12.9. The zero-order valence-electron chi connectivity index (χ0n) is 14.2. The Morgan fingerprint density at radius 2 is 1.79 bits per heavy atom. The van der Waals surface area contributed by atoms with Crippen molar-refractivity contribution in [1.29, 1.82) is 0 Å². The summed E-state index contributed by atoms with van der Waals surface area (Å²) in [6.45, 7) is 4.82. The molecule has 0 unspecified atom stereocenters. The fraction of sp³-hybridized carbons (Fsp3) is 0.316. The van der Waals surface area contributed by atoms with Crippen LogP contribution in [-0.2, 0) is 6.54 Å². The van der Waals surface area contributed by atoms with Gasteiger partial charge in [-0.2, -0.15) is 0 Å². The van der Waals surface area contributed by atoms with Crippen LogP contribution in [0.4, 0.5) is 5.69 Å². The second kappa shape index (κ2) is 6.48. The highest BCUT2D eigenvalue weighted by Crippen LogP contribution is 2.43. The monoisotopic (exact) mass is 389 g/mol. The van der Waals surface area contributed by atoms with Crippen molar-refractivity contribution >= 4 is 27.5 Å². The average Bonchev–Trinajstić information content (AvgIpc) is 2.91. The fourth-order valence-corrected chi connectivity index (χ4v) is 3.62. The summed E-state index contributed by atoms with van der Waals surface area (Å²) >= 11 is 3.46. The first-order valence-electron chi connectivity index (χ1n) is 7.83. The predicted octanol–water partition coefficient (Wildman–Crippen LogP) is 4.75. The Bertz CT molecular complexity index is 784. The molecular formula is C19H20BrNO3. The Hall–Kier alpha value is -2.01. The molecule has 0 aliphatic carbocycles.